The Morgan fingerprint density at radius 2 is 2.20 bits per heavy atom. The molecule has 0 spiro atoms. The van der Waals surface area contributed by atoms with E-state index in [1.165, 1.54) is 0 Å². The molecule has 7 heteroatoms. The third-order valence-corrected chi connectivity index (χ3v) is 4.82. The average Bonchev–Trinajstić information content (AvgIpc) is 3.15. The fourth-order valence-electron chi connectivity index (χ4n) is 3.49. The number of rotatable bonds is 5. The van der Waals surface area contributed by atoms with E-state index >= 15 is 0 Å². The number of nitrogen functional groups attached to an aromatic ring is 1. The van der Waals surface area contributed by atoms with E-state index in [0.29, 0.717) is 42.2 Å². The van der Waals surface area contributed by atoms with Gasteiger partial charge in [0.25, 0.3) is 0 Å². The summed E-state index contributed by atoms with van der Waals surface area (Å²) in [6, 6.07) is 0. The monoisotopic (exact) mass is 347 g/mol. The van der Waals surface area contributed by atoms with Crippen LogP contribution in [0.15, 0.2) is 11.6 Å². The summed E-state index contributed by atoms with van der Waals surface area (Å²) < 4.78 is 16.0. The fourth-order valence-corrected chi connectivity index (χ4v) is 3.49. The molecule has 2 heterocycles. The van der Waals surface area contributed by atoms with Crippen molar-refractivity contribution in [1.82, 2.24) is 0 Å². The van der Waals surface area contributed by atoms with Crippen molar-refractivity contribution in [2.45, 2.75) is 26.4 Å². The van der Waals surface area contributed by atoms with Crippen molar-refractivity contribution in [2.24, 2.45) is 5.92 Å². The molecule has 3 N–H and O–H groups in total. The number of carboxylic acids is 1. The number of carbonyl (C=O) groups is 2. The van der Waals surface area contributed by atoms with E-state index in [1.807, 2.05) is 13.0 Å². The van der Waals surface area contributed by atoms with Crippen molar-refractivity contribution < 1.29 is 28.9 Å². The summed E-state index contributed by atoms with van der Waals surface area (Å²) >= 11 is 0. The van der Waals surface area contributed by atoms with Gasteiger partial charge in [0.05, 0.1) is 38.0 Å². The summed E-state index contributed by atoms with van der Waals surface area (Å²) in [5, 5.41) is 9.00. The summed E-state index contributed by atoms with van der Waals surface area (Å²) in [5.41, 5.74) is 10.3. The molecule has 0 aromatic heterocycles. The Bertz CT molecular complexity index is 768. The van der Waals surface area contributed by atoms with Gasteiger partial charge in [0.1, 0.15) is 12.4 Å². The lowest BCUT2D eigenvalue weighted by Crippen LogP contribution is -2.10. The molecule has 0 aliphatic carbocycles. The molecule has 1 unspecified atom stereocenters. The number of methoxy groups -OCH3 is 1. The van der Waals surface area contributed by atoms with Gasteiger partial charge in [-0.1, -0.05) is 6.08 Å². The number of esters is 1. The normalized spacial score (nSPS) is 20.6. The third-order valence-electron chi connectivity index (χ3n) is 4.82. The van der Waals surface area contributed by atoms with Crippen LogP contribution in [0, 0.1) is 12.8 Å². The first-order chi connectivity index (χ1) is 11.9. The SMILES string of the molecule is COc1c(C)c2c(c(N)c1CC=C1COCC1CC(=O)O)C(=O)OC2. The average molecular weight is 347 g/mol. The van der Waals surface area contributed by atoms with Gasteiger partial charge in [-0.05, 0) is 24.5 Å². The summed E-state index contributed by atoms with van der Waals surface area (Å²) in [7, 11) is 1.56. The highest BCUT2D eigenvalue weighted by Gasteiger charge is 2.31. The van der Waals surface area contributed by atoms with Crippen molar-refractivity contribution in [2.75, 3.05) is 26.1 Å². The number of carboxylic acid groups (broad SMARTS) is 1. The van der Waals surface area contributed by atoms with Crippen LogP contribution in [-0.2, 0) is 27.3 Å². The van der Waals surface area contributed by atoms with E-state index in [-0.39, 0.29) is 18.9 Å². The first kappa shape index (κ1) is 17.3. The van der Waals surface area contributed by atoms with Crippen molar-refractivity contribution in [3.05, 3.63) is 33.9 Å². The molecule has 1 aromatic carbocycles. The number of allylic oxidation sites excluding steroid dienone is 1. The Morgan fingerprint density at radius 1 is 1.44 bits per heavy atom. The lowest BCUT2D eigenvalue weighted by atomic mass is 9.92. The molecule has 0 saturated carbocycles. The van der Waals surface area contributed by atoms with Gasteiger partial charge in [0.15, 0.2) is 0 Å². The number of hydrogen-bond acceptors (Lipinski definition) is 6. The summed E-state index contributed by atoms with van der Waals surface area (Å²) in [5.74, 6) is -0.764. The molecule has 3 rings (SSSR count). The highest BCUT2D eigenvalue weighted by Crippen LogP contribution is 2.40. The summed E-state index contributed by atoms with van der Waals surface area (Å²) in [4.78, 5) is 22.9. The largest absolute Gasteiger partial charge is 0.496 e. The van der Waals surface area contributed by atoms with Gasteiger partial charge in [-0.2, -0.15) is 0 Å². The molecule has 0 amide bonds. The Balaban J connectivity index is 1.96. The van der Waals surface area contributed by atoms with Gasteiger partial charge in [0.2, 0.25) is 0 Å². The highest BCUT2D eigenvalue weighted by molar-refractivity contribution is 6.00. The second-order valence-corrected chi connectivity index (χ2v) is 6.27. The van der Waals surface area contributed by atoms with Crippen LogP contribution in [0.4, 0.5) is 5.69 Å². The minimum Gasteiger partial charge on any atom is -0.496 e. The maximum Gasteiger partial charge on any atom is 0.341 e. The lowest BCUT2D eigenvalue weighted by molar-refractivity contribution is -0.137. The second-order valence-electron chi connectivity index (χ2n) is 6.27. The number of anilines is 1. The number of nitrogens with two attached hydrogens (primary N) is 1. The number of benzene rings is 1. The first-order valence-corrected chi connectivity index (χ1v) is 8.07. The van der Waals surface area contributed by atoms with Crippen molar-refractivity contribution in [3.63, 3.8) is 0 Å². The number of hydrogen-bond donors (Lipinski definition) is 2. The van der Waals surface area contributed by atoms with E-state index in [4.69, 9.17) is 25.1 Å². The number of cyclic esters (lactones) is 1. The lowest BCUT2D eigenvalue weighted by Gasteiger charge is -2.17. The number of carbonyl (C=O) groups excluding carboxylic acids is 1. The van der Waals surface area contributed by atoms with Gasteiger partial charge in [-0.25, -0.2) is 4.79 Å². The fraction of sp³-hybridized carbons (Fsp3) is 0.444. The molecule has 134 valence electrons. The van der Waals surface area contributed by atoms with Crippen LogP contribution in [0.25, 0.3) is 0 Å². The minimum atomic E-state index is -0.852. The maximum atomic E-state index is 12.0. The second kappa shape index (κ2) is 6.76. The quantitative estimate of drug-likeness (QED) is 0.475. The van der Waals surface area contributed by atoms with Crippen molar-refractivity contribution >= 4 is 17.6 Å². The van der Waals surface area contributed by atoms with Crippen LogP contribution in [0.2, 0.25) is 0 Å². The Kier molecular flexibility index (Phi) is 4.67. The van der Waals surface area contributed by atoms with E-state index in [1.54, 1.807) is 7.11 Å². The molecule has 2 aliphatic rings. The molecule has 1 aromatic rings. The molecule has 1 fully saturated rings. The molecule has 2 aliphatic heterocycles. The van der Waals surface area contributed by atoms with Crippen molar-refractivity contribution in [1.29, 1.82) is 0 Å². The topological polar surface area (TPSA) is 108 Å². The van der Waals surface area contributed by atoms with Crippen LogP contribution in [-0.4, -0.2) is 37.4 Å². The van der Waals surface area contributed by atoms with Crippen molar-refractivity contribution in [3.8, 4) is 5.75 Å². The number of ether oxygens (including phenoxy) is 3. The van der Waals surface area contributed by atoms with E-state index in [0.717, 1.165) is 16.7 Å². The molecule has 0 bridgehead atoms. The van der Waals surface area contributed by atoms with Gasteiger partial charge < -0.3 is 25.1 Å². The predicted octanol–water partition coefficient (Wildman–Crippen LogP) is 1.85. The predicted molar refractivity (Wildman–Crippen MR) is 89.6 cm³/mol. The van der Waals surface area contributed by atoms with Gasteiger partial charge in [0, 0.05) is 17.0 Å². The third kappa shape index (κ3) is 3.07. The zero-order valence-electron chi connectivity index (χ0n) is 14.3. The molecule has 25 heavy (non-hydrogen) atoms. The van der Waals surface area contributed by atoms with Crippen LogP contribution >= 0.6 is 0 Å². The highest BCUT2D eigenvalue weighted by atomic mass is 16.5. The van der Waals surface area contributed by atoms with Gasteiger partial charge in [-0.15, -0.1) is 0 Å². The van der Waals surface area contributed by atoms with E-state index in [2.05, 4.69) is 0 Å². The molecule has 7 nitrogen and oxygen atoms in total. The summed E-state index contributed by atoms with van der Waals surface area (Å²) in [6.45, 7) is 2.89. The Labute approximate surface area is 145 Å². The van der Waals surface area contributed by atoms with Crippen LogP contribution < -0.4 is 10.5 Å². The molecule has 1 saturated heterocycles. The standard InChI is InChI=1S/C18H21NO6/c1-9-13-8-25-18(22)15(13)16(19)12(17(9)23-2)4-3-10-6-24-7-11(10)5-14(20)21/h3,11H,4-8,19H2,1-2H3,(H,20,21). The van der Waals surface area contributed by atoms with Crippen LogP contribution in [0.1, 0.15) is 33.5 Å². The molecular formula is C18H21NO6. The molecule has 1 atom stereocenters. The Morgan fingerprint density at radius 3 is 2.88 bits per heavy atom. The summed E-state index contributed by atoms with van der Waals surface area (Å²) in [6.07, 6.45) is 2.40. The minimum absolute atomic E-state index is 0.0357. The molecule has 0 radical (unpaired) electrons. The van der Waals surface area contributed by atoms with Crippen LogP contribution in [0.3, 0.4) is 0 Å². The molecular weight excluding hydrogens is 326 g/mol. The first-order valence-electron chi connectivity index (χ1n) is 8.07. The zero-order valence-corrected chi connectivity index (χ0v) is 14.3. The van der Waals surface area contributed by atoms with Crippen LogP contribution in [0.5, 0.6) is 5.75 Å². The van der Waals surface area contributed by atoms with Gasteiger partial charge in [-0.3, -0.25) is 4.79 Å². The van der Waals surface area contributed by atoms with Gasteiger partial charge >= 0.3 is 11.9 Å². The smallest absolute Gasteiger partial charge is 0.341 e. The zero-order chi connectivity index (χ0) is 18.1. The number of aliphatic carboxylic acids is 1. The maximum absolute atomic E-state index is 12.0. The van der Waals surface area contributed by atoms with E-state index in [9.17, 15) is 9.59 Å². The van der Waals surface area contributed by atoms with E-state index < -0.39 is 11.9 Å². The number of fused-ring (bicyclic) bond motifs is 1. The Hall–Kier alpha value is -2.54.